The second-order valence-electron chi connectivity index (χ2n) is 4.58. The van der Waals surface area contributed by atoms with Crippen LogP contribution in [-0.2, 0) is 20.3 Å². The van der Waals surface area contributed by atoms with Gasteiger partial charge < -0.3 is 4.74 Å². The van der Waals surface area contributed by atoms with Crippen molar-refractivity contribution in [3.8, 4) is 11.6 Å². The topological polar surface area (TPSA) is 90.6 Å². The highest BCUT2D eigenvalue weighted by Gasteiger charge is 2.14. The number of hydrogen-bond donors (Lipinski definition) is 1. The van der Waals surface area contributed by atoms with Gasteiger partial charge in [0.2, 0.25) is 5.88 Å². The van der Waals surface area contributed by atoms with Gasteiger partial charge in [-0.25, -0.2) is 14.3 Å². The second-order valence-corrected chi connectivity index (χ2v) is 4.58. The number of ether oxygens (including phenoxy) is 1. The number of aryl methyl sites for hydroxylation is 1. The average molecular weight is 304 g/mol. The molecule has 8 nitrogen and oxygen atoms in total. The lowest BCUT2D eigenvalue weighted by Gasteiger charge is -2.12. The highest BCUT2D eigenvalue weighted by Crippen LogP contribution is 2.20. The number of alkyl halides is 1. The van der Waals surface area contributed by atoms with Gasteiger partial charge in [-0.1, -0.05) is 12.1 Å². The Morgan fingerprint density at radius 2 is 2.23 bits per heavy atom. The molecule has 3 rings (SSSR count). The van der Waals surface area contributed by atoms with E-state index in [9.17, 15) is 9.18 Å². The monoisotopic (exact) mass is 304 g/mol. The first-order chi connectivity index (χ1) is 10.7. The number of halogens is 1. The summed E-state index contributed by atoms with van der Waals surface area (Å²) in [6, 6.07) is 6.63. The van der Waals surface area contributed by atoms with Crippen molar-refractivity contribution in [3.63, 3.8) is 0 Å². The molecule has 0 unspecified atom stereocenters. The molecule has 0 saturated heterocycles. The lowest BCUT2D eigenvalue weighted by Crippen LogP contribution is -2.19. The smallest absolute Gasteiger partial charge is 0.365 e. The van der Waals surface area contributed by atoms with E-state index in [2.05, 4.69) is 20.6 Å². The molecule has 0 aliphatic rings. The van der Waals surface area contributed by atoms with E-state index in [-0.39, 0.29) is 6.61 Å². The van der Waals surface area contributed by atoms with Crippen LogP contribution >= 0.6 is 0 Å². The highest BCUT2D eigenvalue weighted by molar-refractivity contribution is 5.45. The van der Waals surface area contributed by atoms with Crippen molar-refractivity contribution in [2.75, 3.05) is 0 Å². The molecule has 0 saturated carbocycles. The zero-order valence-electron chi connectivity index (χ0n) is 11.7. The molecule has 0 atom stereocenters. The van der Waals surface area contributed by atoms with Crippen LogP contribution in [-0.4, -0.2) is 30.0 Å². The molecule has 2 heterocycles. The molecule has 0 radical (unpaired) electrons. The van der Waals surface area contributed by atoms with Crippen LogP contribution in [0, 0.1) is 0 Å². The van der Waals surface area contributed by atoms with Gasteiger partial charge in [-0.3, -0.25) is 4.68 Å². The van der Waals surface area contributed by atoms with Crippen LogP contribution in [0.2, 0.25) is 0 Å². The number of benzene rings is 1. The summed E-state index contributed by atoms with van der Waals surface area (Å²) in [7, 11) is 1.77. The molecule has 0 bridgehead atoms. The van der Waals surface area contributed by atoms with Crippen LogP contribution in [0.4, 0.5) is 4.39 Å². The van der Waals surface area contributed by atoms with Gasteiger partial charge in [-0.2, -0.15) is 4.68 Å². The van der Waals surface area contributed by atoms with Crippen LogP contribution in [0.15, 0.2) is 35.3 Å². The Balaban J connectivity index is 1.97. The maximum Gasteiger partial charge on any atom is 0.365 e. The third-order valence-electron chi connectivity index (χ3n) is 3.15. The third-order valence-corrected chi connectivity index (χ3v) is 3.15. The van der Waals surface area contributed by atoms with Crippen LogP contribution in [0.25, 0.3) is 5.69 Å². The van der Waals surface area contributed by atoms with Crippen LogP contribution in [0.5, 0.6) is 5.88 Å². The Kier molecular flexibility index (Phi) is 3.69. The lowest BCUT2D eigenvalue weighted by molar-refractivity contribution is 0.287. The molecule has 22 heavy (non-hydrogen) atoms. The van der Waals surface area contributed by atoms with E-state index in [1.807, 2.05) is 0 Å². The number of nitrogens with one attached hydrogen (secondary N) is 1. The van der Waals surface area contributed by atoms with E-state index >= 15 is 0 Å². The molecule has 0 fully saturated rings. The molecule has 1 aromatic carbocycles. The summed E-state index contributed by atoms with van der Waals surface area (Å²) < 4.78 is 21.5. The number of hydrogen-bond acceptors (Lipinski definition) is 5. The van der Waals surface area contributed by atoms with E-state index in [0.29, 0.717) is 22.7 Å². The standard InChI is InChI=1S/C13H13FN6O2/c1-19-6-5-12(16-19)22-8-10-9(7-14)3-2-4-11(10)20-13(21)15-17-18-20/h2-6H,7-8H2,1H3,(H,15,18,21). The van der Waals surface area contributed by atoms with Crippen molar-refractivity contribution in [2.24, 2.45) is 7.05 Å². The number of H-pyrrole nitrogens is 1. The Labute approximate surface area is 124 Å². The first-order valence-electron chi connectivity index (χ1n) is 6.49. The Hall–Kier alpha value is -2.97. The minimum atomic E-state index is -0.679. The fourth-order valence-corrected chi connectivity index (χ4v) is 2.08. The minimum absolute atomic E-state index is 0.0612. The van der Waals surface area contributed by atoms with Crippen LogP contribution in [0.1, 0.15) is 11.1 Å². The first kappa shape index (κ1) is 14.0. The fourth-order valence-electron chi connectivity index (χ4n) is 2.08. The van der Waals surface area contributed by atoms with Crippen molar-refractivity contribution in [3.05, 3.63) is 52.1 Å². The van der Waals surface area contributed by atoms with Gasteiger partial charge >= 0.3 is 5.69 Å². The molecule has 0 aliphatic carbocycles. The minimum Gasteiger partial charge on any atom is -0.472 e. The van der Waals surface area contributed by atoms with Crippen LogP contribution in [0.3, 0.4) is 0 Å². The molecule has 2 aromatic heterocycles. The van der Waals surface area contributed by atoms with Gasteiger partial charge in [-0.05, 0) is 22.1 Å². The Morgan fingerprint density at radius 1 is 1.36 bits per heavy atom. The number of aromatic amines is 1. The number of rotatable bonds is 5. The van der Waals surface area contributed by atoms with E-state index in [4.69, 9.17) is 4.74 Å². The quantitative estimate of drug-likeness (QED) is 0.750. The normalized spacial score (nSPS) is 10.8. The molecule has 1 N–H and O–H groups in total. The molecular formula is C13H13FN6O2. The Morgan fingerprint density at radius 3 is 2.86 bits per heavy atom. The summed E-state index contributed by atoms with van der Waals surface area (Å²) in [5.74, 6) is 0.412. The van der Waals surface area contributed by atoms with E-state index in [1.165, 1.54) is 0 Å². The van der Waals surface area contributed by atoms with Gasteiger partial charge in [0.05, 0.1) is 5.69 Å². The van der Waals surface area contributed by atoms with Crippen molar-refractivity contribution in [2.45, 2.75) is 13.3 Å². The van der Waals surface area contributed by atoms with Gasteiger partial charge in [0.15, 0.2) is 0 Å². The van der Waals surface area contributed by atoms with Crippen LogP contribution < -0.4 is 10.4 Å². The zero-order chi connectivity index (χ0) is 15.5. The maximum atomic E-state index is 13.2. The zero-order valence-corrected chi connectivity index (χ0v) is 11.7. The van der Waals surface area contributed by atoms with E-state index in [1.54, 1.807) is 42.2 Å². The SMILES string of the molecule is Cn1ccc(OCc2c(CF)cccc2-n2nn[nH]c2=O)n1. The van der Waals surface area contributed by atoms with Gasteiger partial charge in [-0.15, -0.1) is 5.10 Å². The van der Waals surface area contributed by atoms with Crippen molar-refractivity contribution in [1.82, 2.24) is 30.0 Å². The average Bonchev–Trinajstić information content (AvgIpc) is 3.13. The number of aromatic nitrogens is 6. The highest BCUT2D eigenvalue weighted by atomic mass is 19.1. The summed E-state index contributed by atoms with van der Waals surface area (Å²) in [6.07, 6.45) is 1.74. The maximum absolute atomic E-state index is 13.2. The van der Waals surface area contributed by atoms with E-state index in [0.717, 1.165) is 4.68 Å². The van der Waals surface area contributed by atoms with Gasteiger partial charge in [0.25, 0.3) is 0 Å². The molecule has 0 amide bonds. The number of tetrazole rings is 1. The van der Waals surface area contributed by atoms with Crippen molar-refractivity contribution in [1.29, 1.82) is 0 Å². The molecule has 114 valence electrons. The summed E-state index contributed by atoms with van der Waals surface area (Å²) in [5, 5.41) is 13.4. The first-order valence-corrected chi connectivity index (χ1v) is 6.49. The summed E-state index contributed by atoms with van der Waals surface area (Å²) >= 11 is 0. The fraction of sp³-hybridized carbons (Fsp3) is 0.231. The molecule has 0 spiro atoms. The second kappa shape index (κ2) is 5.80. The molecule has 3 aromatic rings. The predicted molar refractivity (Wildman–Crippen MR) is 74.3 cm³/mol. The van der Waals surface area contributed by atoms with Crippen molar-refractivity contribution < 1.29 is 9.13 Å². The van der Waals surface area contributed by atoms with Gasteiger partial charge in [0, 0.05) is 24.9 Å². The third kappa shape index (κ3) is 2.60. The largest absolute Gasteiger partial charge is 0.472 e. The molecule has 9 heteroatoms. The molecular weight excluding hydrogens is 291 g/mol. The summed E-state index contributed by atoms with van der Waals surface area (Å²) in [6.45, 7) is -0.618. The van der Waals surface area contributed by atoms with Crippen molar-refractivity contribution >= 4 is 0 Å². The molecule has 0 aliphatic heterocycles. The lowest BCUT2D eigenvalue weighted by atomic mass is 10.1. The Bertz CT molecular complexity index is 837. The summed E-state index contributed by atoms with van der Waals surface area (Å²) in [4.78, 5) is 11.7. The van der Waals surface area contributed by atoms with Gasteiger partial charge in [0.1, 0.15) is 13.3 Å². The predicted octanol–water partition coefficient (Wildman–Crippen LogP) is 0.738. The number of nitrogens with zero attached hydrogens (tertiary/aromatic N) is 5. The van der Waals surface area contributed by atoms with E-state index < -0.39 is 12.4 Å². The summed E-state index contributed by atoms with van der Waals surface area (Å²) in [5.41, 5.74) is 0.856.